The van der Waals surface area contributed by atoms with Crippen molar-refractivity contribution in [2.24, 2.45) is 0 Å². The lowest BCUT2D eigenvalue weighted by molar-refractivity contribution is 0.119. The summed E-state index contributed by atoms with van der Waals surface area (Å²) in [5, 5.41) is 3.23. The standard InChI is InChI=1S/C14H23NO2/c1-5-8-17-10-13-9-12(11(2)15-3)6-7-14(13)16-4/h6-7,9,11,15H,5,8,10H2,1-4H3. The largest absolute Gasteiger partial charge is 0.496 e. The number of methoxy groups -OCH3 is 1. The monoisotopic (exact) mass is 237 g/mol. The Morgan fingerprint density at radius 3 is 2.71 bits per heavy atom. The summed E-state index contributed by atoms with van der Waals surface area (Å²) in [5.74, 6) is 0.896. The zero-order valence-corrected chi connectivity index (χ0v) is 11.2. The maximum atomic E-state index is 5.58. The van der Waals surface area contributed by atoms with Crippen molar-refractivity contribution in [2.75, 3.05) is 20.8 Å². The Morgan fingerprint density at radius 1 is 1.35 bits per heavy atom. The second kappa shape index (κ2) is 7.30. The lowest BCUT2D eigenvalue weighted by Gasteiger charge is -2.15. The normalized spacial score (nSPS) is 12.5. The van der Waals surface area contributed by atoms with Gasteiger partial charge < -0.3 is 14.8 Å². The summed E-state index contributed by atoms with van der Waals surface area (Å²) in [4.78, 5) is 0. The van der Waals surface area contributed by atoms with Gasteiger partial charge in [-0.1, -0.05) is 13.0 Å². The Kier molecular flexibility index (Phi) is 6.01. The van der Waals surface area contributed by atoms with Crippen molar-refractivity contribution in [3.05, 3.63) is 29.3 Å². The van der Waals surface area contributed by atoms with E-state index < -0.39 is 0 Å². The van der Waals surface area contributed by atoms with Gasteiger partial charge in [0, 0.05) is 18.2 Å². The minimum absolute atomic E-state index is 0.339. The summed E-state index contributed by atoms with van der Waals surface area (Å²) in [6.45, 7) is 5.64. The van der Waals surface area contributed by atoms with Gasteiger partial charge >= 0.3 is 0 Å². The van der Waals surface area contributed by atoms with Crippen molar-refractivity contribution in [3.63, 3.8) is 0 Å². The second-order valence-electron chi connectivity index (χ2n) is 4.13. The highest BCUT2D eigenvalue weighted by Gasteiger charge is 2.08. The van der Waals surface area contributed by atoms with E-state index in [4.69, 9.17) is 9.47 Å². The fourth-order valence-electron chi connectivity index (χ4n) is 1.67. The Labute approximate surface area is 104 Å². The van der Waals surface area contributed by atoms with Crippen LogP contribution >= 0.6 is 0 Å². The molecular weight excluding hydrogens is 214 g/mol. The van der Waals surface area contributed by atoms with Crippen molar-refractivity contribution < 1.29 is 9.47 Å². The molecule has 1 atom stereocenters. The van der Waals surface area contributed by atoms with E-state index >= 15 is 0 Å². The van der Waals surface area contributed by atoms with E-state index in [1.54, 1.807) is 7.11 Å². The summed E-state index contributed by atoms with van der Waals surface area (Å²) in [6, 6.07) is 6.58. The van der Waals surface area contributed by atoms with Crippen LogP contribution in [0, 0.1) is 0 Å². The average molecular weight is 237 g/mol. The predicted octanol–water partition coefficient (Wildman–Crippen LogP) is 2.90. The summed E-state index contributed by atoms with van der Waals surface area (Å²) in [7, 11) is 3.65. The number of benzene rings is 1. The van der Waals surface area contributed by atoms with Crippen molar-refractivity contribution in [3.8, 4) is 5.75 Å². The number of hydrogen-bond acceptors (Lipinski definition) is 3. The zero-order valence-electron chi connectivity index (χ0n) is 11.2. The highest BCUT2D eigenvalue weighted by molar-refractivity contribution is 5.38. The van der Waals surface area contributed by atoms with Gasteiger partial charge in [0.1, 0.15) is 5.75 Å². The summed E-state index contributed by atoms with van der Waals surface area (Å²) < 4.78 is 10.9. The van der Waals surface area contributed by atoms with Gasteiger partial charge in [0.05, 0.1) is 13.7 Å². The predicted molar refractivity (Wildman–Crippen MR) is 70.4 cm³/mol. The summed E-state index contributed by atoms with van der Waals surface area (Å²) in [6.07, 6.45) is 1.04. The molecular formula is C14H23NO2. The molecule has 0 saturated carbocycles. The quantitative estimate of drug-likeness (QED) is 0.740. The molecule has 0 bridgehead atoms. The average Bonchev–Trinajstić information content (AvgIpc) is 2.38. The third kappa shape index (κ3) is 4.02. The Morgan fingerprint density at radius 2 is 2.12 bits per heavy atom. The van der Waals surface area contributed by atoms with Crippen LogP contribution in [-0.2, 0) is 11.3 Å². The van der Waals surface area contributed by atoms with Crippen LogP contribution in [0.3, 0.4) is 0 Å². The minimum atomic E-state index is 0.339. The number of nitrogens with one attached hydrogen (secondary N) is 1. The van der Waals surface area contributed by atoms with Crippen LogP contribution < -0.4 is 10.1 Å². The molecule has 1 N–H and O–H groups in total. The van der Waals surface area contributed by atoms with Gasteiger partial charge in [0.15, 0.2) is 0 Å². The molecule has 0 fully saturated rings. The third-order valence-electron chi connectivity index (χ3n) is 2.84. The molecule has 96 valence electrons. The maximum absolute atomic E-state index is 5.58. The molecule has 3 nitrogen and oxygen atoms in total. The van der Waals surface area contributed by atoms with Gasteiger partial charge in [-0.05, 0) is 38.1 Å². The Balaban J connectivity index is 2.82. The van der Waals surface area contributed by atoms with Crippen LogP contribution in [0.4, 0.5) is 0 Å². The number of hydrogen-bond donors (Lipinski definition) is 1. The molecule has 0 aliphatic rings. The molecule has 1 rings (SSSR count). The van der Waals surface area contributed by atoms with Gasteiger partial charge in [0.25, 0.3) is 0 Å². The maximum Gasteiger partial charge on any atom is 0.124 e. The number of ether oxygens (including phenoxy) is 2. The Hall–Kier alpha value is -1.06. The summed E-state index contributed by atoms with van der Waals surface area (Å²) >= 11 is 0. The van der Waals surface area contributed by atoms with E-state index in [0.717, 1.165) is 24.3 Å². The highest BCUT2D eigenvalue weighted by atomic mass is 16.5. The molecule has 0 aromatic heterocycles. The molecule has 1 unspecified atom stereocenters. The molecule has 0 radical (unpaired) electrons. The molecule has 17 heavy (non-hydrogen) atoms. The van der Waals surface area contributed by atoms with E-state index in [1.807, 2.05) is 13.1 Å². The fraction of sp³-hybridized carbons (Fsp3) is 0.571. The Bertz CT molecular complexity index is 339. The molecule has 0 spiro atoms. The van der Waals surface area contributed by atoms with Gasteiger partial charge in [0.2, 0.25) is 0 Å². The van der Waals surface area contributed by atoms with Crippen molar-refractivity contribution in [1.29, 1.82) is 0 Å². The fourth-order valence-corrected chi connectivity index (χ4v) is 1.67. The van der Waals surface area contributed by atoms with E-state index in [2.05, 4.69) is 31.3 Å². The molecule has 0 aliphatic carbocycles. The smallest absolute Gasteiger partial charge is 0.124 e. The molecule has 3 heteroatoms. The van der Waals surface area contributed by atoms with Crippen LogP contribution in [0.1, 0.15) is 37.4 Å². The van der Waals surface area contributed by atoms with Crippen molar-refractivity contribution in [2.45, 2.75) is 32.9 Å². The van der Waals surface area contributed by atoms with E-state index in [-0.39, 0.29) is 0 Å². The number of rotatable bonds is 7. The van der Waals surface area contributed by atoms with Gasteiger partial charge in [-0.15, -0.1) is 0 Å². The molecule has 0 saturated heterocycles. The lowest BCUT2D eigenvalue weighted by atomic mass is 10.0. The molecule has 1 aromatic rings. The minimum Gasteiger partial charge on any atom is -0.496 e. The van der Waals surface area contributed by atoms with Gasteiger partial charge in [-0.25, -0.2) is 0 Å². The van der Waals surface area contributed by atoms with Crippen LogP contribution in [-0.4, -0.2) is 20.8 Å². The van der Waals surface area contributed by atoms with Gasteiger partial charge in [-0.3, -0.25) is 0 Å². The topological polar surface area (TPSA) is 30.5 Å². The molecule has 0 aliphatic heterocycles. The molecule has 1 aromatic carbocycles. The first-order chi connectivity index (χ1) is 8.22. The van der Waals surface area contributed by atoms with E-state index in [1.165, 1.54) is 5.56 Å². The first-order valence-electron chi connectivity index (χ1n) is 6.14. The van der Waals surface area contributed by atoms with E-state index in [0.29, 0.717) is 12.6 Å². The highest BCUT2D eigenvalue weighted by Crippen LogP contribution is 2.23. The molecule has 0 heterocycles. The molecule has 0 amide bonds. The SMILES string of the molecule is CCCOCc1cc(C(C)NC)ccc1OC. The van der Waals surface area contributed by atoms with Gasteiger partial charge in [-0.2, -0.15) is 0 Å². The first-order valence-corrected chi connectivity index (χ1v) is 6.14. The van der Waals surface area contributed by atoms with Crippen LogP contribution in [0.2, 0.25) is 0 Å². The second-order valence-corrected chi connectivity index (χ2v) is 4.13. The first kappa shape index (κ1) is 14.0. The zero-order chi connectivity index (χ0) is 12.7. The van der Waals surface area contributed by atoms with Crippen LogP contribution in [0.25, 0.3) is 0 Å². The van der Waals surface area contributed by atoms with Crippen LogP contribution in [0.5, 0.6) is 5.75 Å². The van der Waals surface area contributed by atoms with Crippen LogP contribution in [0.15, 0.2) is 18.2 Å². The van der Waals surface area contributed by atoms with Crippen molar-refractivity contribution in [1.82, 2.24) is 5.32 Å². The third-order valence-corrected chi connectivity index (χ3v) is 2.84. The van der Waals surface area contributed by atoms with Crippen molar-refractivity contribution >= 4 is 0 Å². The lowest BCUT2D eigenvalue weighted by Crippen LogP contribution is -2.12. The van der Waals surface area contributed by atoms with E-state index in [9.17, 15) is 0 Å². The summed E-state index contributed by atoms with van der Waals surface area (Å²) in [5.41, 5.74) is 2.36.